The molecule has 7 nitrogen and oxygen atoms in total. The number of thioether (sulfide) groups is 1. The first-order valence-electron chi connectivity index (χ1n) is 10.6. The molecule has 1 aromatic carbocycles. The molecule has 1 aliphatic carbocycles. The number of rotatable bonds is 5. The molecule has 6 rings (SSSR count). The van der Waals surface area contributed by atoms with E-state index >= 15 is 0 Å². The van der Waals surface area contributed by atoms with E-state index in [4.69, 9.17) is 0 Å². The van der Waals surface area contributed by atoms with Gasteiger partial charge in [-0.15, -0.1) is 0 Å². The lowest BCUT2D eigenvalue weighted by molar-refractivity contribution is -0.125. The molecule has 2 aromatic rings. The molecular formula is C23H22N4O3S. The number of hydrogen-bond donors (Lipinski definition) is 2. The third-order valence-electron chi connectivity index (χ3n) is 6.57. The number of carbonyl (C=O) groups is 3. The van der Waals surface area contributed by atoms with Gasteiger partial charge in [-0.2, -0.15) is 0 Å². The summed E-state index contributed by atoms with van der Waals surface area (Å²) in [6.45, 7) is 3.57. The van der Waals surface area contributed by atoms with Crippen molar-refractivity contribution in [2.75, 3.05) is 24.2 Å². The highest BCUT2D eigenvalue weighted by Gasteiger charge is 2.44. The van der Waals surface area contributed by atoms with E-state index in [1.807, 2.05) is 30.5 Å². The first-order valence-corrected chi connectivity index (χ1v) is 11.5. The van der Waals surface area contributed by atoms with Crippen molar-refractivity contribution in [1.82, 2.24) is 14.8 Å². The van der Waals surface area contributed by atoms with E-state index in [0.717, 1.165) is 52.7 Å². The molecule has 1 saturated carbocycles. The SMILES string of the molecule is O=C1Nc2ccc(CN3C(=O)CSC3=O)cc2C1=Cc1cc(CN2CC3C[C@@H]3C2)c[nH]1. The molecule has 2 atom stereocenters. The molecule has 158 valence electrons. The number of carbonyl (C=O) groups excluding carboxylic acids is 3. The summed E-state index contributed by atoms with van der Waals surface area (Å²) in [4.78, 5) is 43.5. The van der Waals surface area contributed by atoms with Gasteiger partial charge in [0, 0.05) is 42.8 Å². The van der Waals surface area contributed by atoms with Gasteiger partial charge in [-0.3, -0.25) is 24.2 Å². The van der Waals surface area contributed by atoms with E-state index in [1.54, 1.807) is 0 Å². The standard InChI is InChI=1S/C23H22N4O3S/c28-21-12-31-23(30)27(21)9-13-1-2-20-18(4-13)19(22(29)25-20)6-17-3-14(7-24-17)8-26-10-15-5-16(15)11-26/h1-4,6-7,15-16,24H,5,8-12H2,(H,25,29)/t15-,16?/m1/s1. The number of nitrogens with one attached hydrogen (secondary N) is 2. The van der Waals surface area contributed by atoms with Gasteiger partial charge in [0.1, 0.15) is 0 Å². The number of H-pyrrole nitrogens is 1. The van der Waals surface area contributed by atoms with Crippen LogP contribution in [0.25, 0.3) is 11.6 Å². The van der Waals surface area contributed by atoms with E-state index in [9.17, 15) is 14.4 Å². The van der Waals surface area contributed by atoms with Gasteiger partial charge in [-0.1, -0.05) is 17.8 Å². The second kappa shape index (κ2) is 7.10. The molecule has 3 amide bonds. The number of amides is 3. The lowest BCUT2D eigenvalue weighted by atomic mass is 10.0. The van der Waals surface area contributed by atoms with Gasteiger partial charge in [0.15, 0.2) is 0 Å². The quantitative estimate of drug-likeness (QED) is 0.706. The van der Waals surface area contributed by atoms with Crippen molar-refractivity contribution in [2.45, 2.75) is 19.5 Å². The van der Waals surface area contributed by atoms with E-state index in [1.165, 1.54) is 30.0 Å². The van der Waals surface area contributed by atoms with Crippen LogP contribution in [0.5, 0.6) is 0 Å². The summed E-state index contributed by atoms with van der Waals surface area (Å²) in [6, 6.07) is 7.67. The number of aromatic nitrogens is 1. The van der Waals surface area contributed by atoms with Crippen LogP contribution in [0, 0.1) is 11.8 Å². The Hall–Kier alpha value is -2.84. The Balaban J connectivity index is 1.22. The zero-order valence-electron chi connectivity index (χ0n) is 16.9. The summed E-state index contributed by atoms with van der Waals surface area (Å²) in [5.41, 5.74) is 5.07. The number of fused-ring (bicyclic) bond motifs is 2. The number of likely N-dealkylation sites (tertiary alicyclic amines) is 1. The monoisotopic (exact) mass is 434 g/mol. The largest absolute Gasteiger partial charge is 0.361 e. The van der Waals surface area contributed by atoms with Crippen molar-refractivity contribution >= 4 is 46.2 Å². The average molecular weight is 435 g/mol. The minimum atomic E-state index is -0.218. The third-order valence-corrected chi connectivity index (χ3v) is 7.43. The second-order valence-corrected chi connectivity index (χ2v) is 9.77. The number of piperidine rings is 1. The van der Waals surface area contributed by atoms with Crippen molar-refractivity contribution in [1.29, 1.82) is 0 Å². The fraction of sp³-hybridized carbons (Fsp3) is 0.348. The predicted octanol–water partition coefficient (Wildman–Crippen LogP) is 3.15. The molecule has 1 unspecified atom stereocenters. The molecule has 1 aromatic heterocycles. The average Bonchev–Trinajstić information content (AvgIpc) is 3.10. The van der Waals surface area contributed by atoms with Crippen LogP contribution in [0.15, 0.2) is 30.5 Å². The van der Waals surface area contributed by atoms with Crippen molar-refractivity contribution in [3.63, 3.8) is 0 Å². The lowest BCUT2D eigenvalue weighted by Crippen LogP contribution is -2.27. The second-order valence-electron chi connectivity index (χ2n) is 8.84. The summed E-state index contributed by atoms with van der Waals surface area (Å²) < 4.78 is 0. The first kappa shape index (κ1) is 18.9. The van der Waals surface area contributed by atoms with Crippen LogP contribution in [0.3, 0.4) is 0 Å². The summed E-state index contributed by atoms with van der Waals surface area (Å²) in [6.07, 6.45) is 5.29. The highest BCUT2D eigenvalue weighted by Crippen LogP contribution is 2.45. The number of aromatic amines is 1. The number of nitrogens with zero attached hydrogens (tertiary/aromatic N) is 2. The first-order chi connectivity index (χ1) is 15.0. The Morgan fingerprint density at radius 2 is 1.90 bits per heavy atom. The van der Waals surface area contributed by atoms with Crippen molar-refractivity contribution in [3.05, 3.63) is 52.8 Å². The van der Waals surface area contributed by atoms with Gasteiger partial charge >= 0.3 is 0 Å². The number of anilines is 1. The van der Waals surface area contributed by atoms with Gasteiger partial charge < -0.3 is 10.3 Å². The van der Waals surface area contributed by atoms with Crippen molar-refractivity contribution in [3.8, 4) is 0 Å². The van der Waals surface area contributed by atoms with Gasteiger partial charge in [0.25, 0.3) is 11.1 Å². The minimum Gasteiger partial charge on any atom is -0.361 e. The van der Waals surface area contributed by atoms with Crippen LogP contribution in [-0.2, 0) is 22.7 Å². The summed E-state index contributed by atoms with van der Waals surface area (Å²) in [7, 11) is 0. The fourth-order valence-electron chi connectivity index (χ4n) is 4.87. The molecule has 0 spiro atoms. The zero-order valence-corrected chi connectivity index (χ0v) is 17.7. The summed E-state index contributed by atoms with van der Waals surface area (Å²) in [5.74, 6) is 1.71. The van der Waals surface area contributed by atoms with Crippen LogP contribution < -0.4 is 5.32 Å². The Kier molecular flexibility index (Phi) is 4.33. The molecule has 0 radical (unpaired) electrons. The van der Waals surface area contributed by atoms with Crippen molar-refractivity contribution < 1.29 is 14.4 Å². The Labute approximate surface area is 183 Å². The van der Waals surface area contributed by atoms with E-state index in [-0.39, 0.29) is 29.4 Å². The Morgan fingerprint density at radius 1 is 1.06 bits per heavy atom. The highest BCUT2D eigenvalue weighted by molar-refractivity contribution is 8.14. The zero-order chi connectivity index (χ0) is 21.1. The minimum absolute atomic E-state index is 0.146. The third kappa shape index (κ3) is 3.49. The normalized spacial score (nSPS) is 26.0. The highest BCUT2D eigenvalue weighted by atomic mass is 32.2. The molecule has 2 saturated heterocycles. The van der Waals surface area contributed by atoms with Crippen LogP contribution in [0.1, 0.15) is 28.8 Å². The van der Waals surface area contributed by atoms with E-state index in [0.29, 0.717) is 5.57 Å². The van der Waals surface area contributed by atoms with Gasteiger partial charge in [-0.05, 0) is 53.7 Å². The molecule has 31 heavy (non-hydrogen) atoms. The smallest absolute Gasteiger partial charge is 0.289 e. The van der Waals surface area contributed by atoms with Crippen LogP contribution in [0.4, 0.5) is 10.5 Å². The molecule has 8 heteroatoms. The van der Waals surface area contributed by atoms with Crippen molar-refractivity contribution in [2.24, 2.45) is 11.8 Å². The van der Waals surface area contributed by atoms with Gasteiger partial charge in [0.2, 0.25) is 5.91 Å². The number of hydrogen-bond acceptors (Lipinski definition) is 5. The maximum absolute atomic E-state index is 12.6. The molecule has 4 aliphatic rings. The van der Waals surface area contributed by atoms with Gasteiger partial charge in [-0.25, -0.2) is 0 Å². The van der Waals surface area contributed by atoms with E-state index in [2.05, 4.69) is 21.3 Å². The maximum atomic E-state index is 12.6. The van der Waals surface area contributed by atoms with Gasteiger partial charge in [0.05, 0.1) is 17.9 Å². The molecule has 3 fully saturated rings. The molecule has 2 N–H and O–H groups in total. The Morgan fingerprint density at radius 3 is 2.68 bits per heavy atom. The van der Waals surface area contributed by atoms with E-state index < -0.39 is 0 Å². The Bertz CT molecular complexity index is 1130. The maximum Gasteiger partial charge on any atom is 0.289 e. The summed E-state index contributed by atoms with van der Waals surface area (Å²) in [5, 5.41) is 2.68. The molecule has 3 aliphatic heterocycles. The van der Waals surface area contributed by atoms with Crippen LogP contribution >= 0.6 is 11.8 Å². The molecular weight excluding hydrogens is 412 g/mol. The predicted molar refractivity (Wildman–Crippen MR) is 119 cm³/mol. The number of benzene rings is 1. The lowest BCUT2D eigenvalue weighted by Gasteiger charge is -2.15. The number of imide groups is 1. The summed E-state index contributed by atoms with van der Waals surface area (Å²) >= 11 is 1.03. The van der Waals surface area contributed by atoms with Crippen LogP contribution in [-0.4, -0.2) is 50.7 Å². The van der Waals surface area contributed by atoms with Crippen LogP contribution in [0.2, 0.25) is 0 Å². The molecule has 4 heterocycles. The molecule has 0 bridgehead atoms. The fourth-order valence-corrected chi connectivity index (χ4v) is 5.59. The topological polar surface area (TPSA) is 85.5 Å².